The highest BCUT2D eigenvalue weighted by Gasteiger charge is 2.15. The van der Waals surface area contributed by atoms with Crippen molar-refractivity contribution >= 4 is 27.4 Å². The fourth-order valence-electron chi connectivity index (χ4n) is 1.76. The lowest BCUT2D eigenvalue weighted by Crippen LogP contribution is -2.01. The number of aromatic hydroxyl groups is 1. The summed E-state index contributed by atoms with van der Waals surface area (Å²) >= 11 is 1.51. The monoisotopic (exact) mass is 236 g/mol. The zero-order valence-electron chi connectivity index (χ0n) is 9.33. The molecule has 0 spiro atoms. The van der Waals surface area contributed by atoms with E-state index in [1.165, 1.54) is 18.3 Å². The third-order valence-electron chi connectivity index (χ3n) is 2.34. The zero-order valence-corrected chi connectivity index (χ0v) is 10.1. The minimum absolute atomic E-state index is 0.237. The van der Waals surface area contributed by atoms with Gasteiger partial charge in [0.25, 0.3) is 0 Å². The van der Waals surface area contributed by atoms with Gasteiger partial charge in [0.05, 0.1) is 0 Å². The summed E-state index contributed by atoms with van der Waals surface area (Å²) < 4.78 is 6.15. The number of aryl methyl sites for hydroxylation is 2. The average Bonchev–Trinajstić information content (AvgIpc) is 2.41. The van der Waals surface area contributed by atoms with Crippen molar-refractivity contribution in [3.05, 3.63) is 22.6 Å². The molecule has 0 amide bonds. The molecular weight excluding hydrogens is 224 g/mol. The summed E-state index contributed by atoms with van der Waals surface area (Å²) in [6.45, 7) is 5.18. The highest BCUT2D eigenvalue weighted by molar-refractivity contribution is 7.19. The van der Waals surface area contributed by atoms with Gasteiger partial charge in [0.2, 0.25) is 0 Å². The Balaban J connectivity index is 2.73. The van der Waals surface area contributed by atoms with Crippen LogP contribution in [0.5, 0.6) is 11.5 Å². The van der Waals surface area contributed by atoms with Crippen LogP contribution >= 0.6 is 11.3 Å². The SMILES string of the molecule is CC(=O)Oc1c(C)sc2cc(O)cc(C)c12. The van der Waals surface area contributed by atoms with Gasteiger partial charge in [-0.05, 0) is 31.5 Å². The first kappa shape index (κ1) is 11.0. The van der Waals surface area contributed by atoms with Crippen molar-refractivity contribution in [2.75, 3.05) is 0 Å². The van der Waals surface area contributed by atoms with Gasteiger partial charge in [0.1, 0.15) is 5.75 Å². The summed E-state index contributed by atoms with van der Waals surface area (Å²) in [7, 11) is 0. The lowest BCUT2D eigenvalue weighted by molar-refractivity contribution is -0.131. The van der Waals surface area contributed by atoms with E-state index >= 15 is 0 Å². The van der Waals surface area contributed by atoms with Crippen LogP contribution in [0, 0.1) is 13.8 Å². The quantitative estimate of drug-likeness (QED) is 0.774. The summed E-state index contributed by atoms with van der Waals surface area (Å²) in [5, 5.41) is 10.4. The molecule has 84 valence electrons. The molecule has 0 atom stereocenters. The Bertz CT molecular complexity index is 569. The minimum atomic E-state index is -0.324. The number of esters is 1. The first-order valence-electron chi connectivity index (χ1n) is 4.90. The Labute approximate surface area is 97.3 Å². The fraction of sp³-hybridized carbons (Fsp3) is 0.250. The predicted octanol–water partition coefficient (Wildman–Crippen LogP) is 3.15. The lowest BCUT2D eigenvalue weighted by atomic mass is 10.1. The molecule has 0 saturated carbocycles. The molecular formula is C12H12O3S. The smallest absolute Gasteiger partial charge is 0.308 e. The van der Waals surface area contributed by atoms with Crippen molar-refractivity contribution < 1.29 is 14.6 Å². The molecule has 1 heterocycles. The number of thiophene rings is 1. The highest BCUT2D eigenvalue weighted by atomic mass is 32.1. The van der Waals surface area contributed by atoms with E-state index in [1.54, 1.807) is 12.1 Å². The van der Waals surface area contributed by atoms with E-state index in [-0.39, 0.29) is 11.7 Å². The number of hydrogen-bond acceptors (Lipinski definition) is 4. The molecule has 1 N–H and O–H groups in total. The molecule has 0 unspecified atom stereocenters. The number of hydrogen-bond donors (Lipinski definition) is 1. The van der Waals surface area contributed by atoms with E-state index in [0.717, 1.165) is 20.5 Å². The van der Waals surface area contributed by atoms with Gasteiger partial charge in [-0.2, -0.15) is 0 Å². The number of ether oxygens (including phenoxy) is 1. The summed E-state index contributed by atoms with van der Waals surface area (Å²) in [4.78, 5) is 12.0. The number of phenolic OH excluding ortho intramolecular Hbond substituents is 1. The molecule has 16 heavy (non-hydrogen) atoms. The first-order chi connectivity index (χ1) is 7.49. The minimum Gasteiger partial charge on any atom is -0.508 e. The molecule has 0 saturated heterocycles. The summed E-state index contributed by atoms with van der Waals surface area (Å²) in [5.74, 6) is 0.529. The van der Waals surface area contributed by atoms with Crippen LogP contribution in [0.15, 0.2) is 12.1 Å². The number of phenols is 1. The maximum atomic E-state index is 11.0. The van der Waals surface area contributed by atoms with Crippen LogP contribution in [0.2, 0.25) is 0 Å². The molecule has 0 radical (unpaired) electrons. The standard InChI is InChI=1S/C12H12O3S/c1-6-4-9(14)5-10-11(6)12(7(2)16-10)15-8(3)13/h4-5,14H,1-3H3. The van der Waals surface area contributed by atoms with Crippen LogP contribution in [0.3, 0.4) is 0 Å². The number of carbonyl (C=O) groups excluding carboxylic acids is 1. The summed E-state index contributed by atoms with van der Waals surface area (Å²) in [6, 6.07) is 3.36. The second-order valence-corrected chi connectivity index (χ2v) is 4.97. The summed E-state index contributed by atoms with van der Waals surface area (Å²) in [5.41, 5.74) is 0.913. The van der Waals surface area contributed by atoms with Gasteiger partial charge in [-0.15, -0.1) is 11.3 Å². The number of rotatable bonds is 1. The fourth-order valence-corrected chi connectivity index (χ4v) is 2.86. The van der Waals surface area contributed by atoms with Crippen LogP contribution in [0.4, 0.5) is 0 Å². The molecule has 2 rings (SSSR count). The molecule has 0 bridgehead atoms. The maximum absolute atomic E-state index is 11.0. The van der Waals surface area contributed by atoms with E-state index in [2.05, 4.69) is 0 Å². The molecule has 3 nitrogen and oxygen atoms in total. The summed E-state index contributed by atoms with van der Waals surface area (Å²) in [6.07, 6.45) is 0. The Hall–Kier alpha value is -1.55. The topological polar surface area (TPSA) is 46.5 Å². The van der Waals surface area contributed by atoms with Gasteiger partial charge in [-0.3, -0.25) is 4.79 Å². The molecule has 0 fully saturated rings. The Kier molecular flexibility index (Phi) is 2.59. The predicted molar refractivity (Wildman–Crippen MR) is 64.3 cm³/mol. The van der Waals surface area contributed by atoms with Gasteiger partial charge in [0.15, 0.2) is 5.75 Å². The van der Waals surface area contributed by atoms with E-state index in [0.29, 0.717) is 5.75 Å². The van der Waals surface area contributed by atoms with E-state index < -0.39 is 0 Å². The largest absolute Gasteiger partial charge is 0.508 e. The molecule has 1 aromatic carbocycles. The van der Waals surface area contributed by atoms with Gasteiger partial charge in [0, 0.05) is 21.9 Å². The third kappa shape index (κ3) is 1.76. The Morgan fingerprint density at radius 1 is 1.38 bits per heavy atom. The van der Waals surface area contributed by atoms with Crippen LogP contribution in [-0.2, 0) is 4.79 Å². The van der Waals surface area contributed by atoms with Crippen molar-refractivity contribution in [2.24, 2.45) is 0 Å². The molecule has 4 heteroatoms. The van der Waals surface area contributed by atoms with Crippen molar-refractivity contribution in [1.82, 2.24) is 0 Å². The molecule has 1 aromatic heterocycles. The van der Waals surface area contributed by atoms with E-state index in [9.17, 15) is 9.90 Å². The number of fused-ring (bicyclic) bond motifs is 1. The van der Waals surface area contributed by atoms with Crippen LogP contribution in [0.25, 0.3) is 10.1 Å². The molecule has 0 aliphatic carbocycles. The maximum Gasteiger partial charge on any atom is 0.308 e. The van der Waals surface area contributed by atoms with Crippen LogP contribution < -0.4 is 4.74 Å². The van der Waals surface area contributed by atoms with Gasteiger partial charge >= 0.3 is 5.97 Å². The average molecular weight is 236 g/mol. The van der Waals surface area contributed by atoms with Crippen molar-refractivity contribution in [1.29, 1.82) is 0 Å². The second kappa shape index (κ2) is 3.79. The van der Waals surface area contributed by atoms with Gasteiger partial charge in [-0.1, -0.05) is 0 Å². The van der Waals surface area contributed by atoms with Crippen molar-refractivity contribution in [3.8, 4) is 11.5 Å². The van der Waals surface area contributed by atoms with Gasteiger partial charge < -0.3 is 9.84 Å². The van der Waals surface area contributed by atoms with Gasteiger partial charge in [-0.25, -0.2) is 0 Å². The van der Waals surface area contributed by atoms with Crippen LogP contribution in [0.1, 0.15) is 17.4 Å². The van der Waals surface area contributed by atoms with Crippen LogP contribution in [-0.4, -0.2) is 11.1 Å². The normalized spacial score (nSPS) is 10.7. The number of carbonyl (C=O) groups is 1. The van der Waals surface area contributed by atoms with E-state index in [1.807, 2.05) is 13.8 Å². The molecule has 0 aliphatic rings. The molecule has 2 aromatic rings. The number of benzene rings is 1. The molecule has 0 aliphatic heterocycles. The highest BCUT2D eigenvalue weighted by Crippen LogP contribution is 2.40. The van der Waals surface area contributed by atoms with E-state index in [4.69, 9.17) is 4.74 Å². The first-order valence-corrected chi connectivity index (χ1v) is 5.72. The second-order valence-electron chi connectivity index (χ2n) is 3.72. The van der Waals surface area contributed by atoms with Crippen molar-refractivity contribution in [3.63, 3.8) is 0 Å². The zero-order chi connectivity index (χ0) is 11.9. The van der Waals surface area contributed by atoms with Crippen molar-refractivity contribution in [2.45, 2.75) is 20.8 Å². The lowest BCUT2D eigenvalue weighted by Gasteiger charge is -2.03. The third-order valence-corrected chi connectivity index (χ3v) is 3.37. The Morgan fingerprint density at radius 3 is 2.69 bits per heavy atom. The Morgan fingerprint density at radius 2 is 2.06 bits per heavy atom.